The van der Waals surface area contributed by atoms with Gasteiger partial charge in [-0.1, -0.05) is 0 Å². The molecule has 0 aromatic carbocycles. The van der Waals surface area contributed by atoms with Crippen molar-refractivity contribution < 1.29 is 4.18 Å². The van der Waals surface area contributed by atoms with Gasteiger partial charge in [-0.15, -0.1) is 0 Å². The molecule has 0 atom stereocenters. The van der Waals surface area contributed by atoms with E-state index < -0.39 is 0 Å². The Bertz CT molecular complexity index is 142. The Morgan fingerprint density at radius 1 is 1.67 bits per heavy atom. The molecule has 0 saturated heterocycles. The molecule has 1 heterocycles. The first-order valence-electron chi connectivity index (χ1n) is 2.81. The maximum Gasteiger partial charge on any atom is 0.102 e. The smallest absolute Gasteiger partial charge is 0.102 e. The van der Waals surface area contributed by atoms with E-state index in [-0.39, 0.29) is 0 Å². The standard InChI is InChI=1S/C6H9NOS/c7-3-1-6-2-4-8-9-5-6/h2,4-5H,1,3,7H2. The SMILES string of the molecule is NCCC1=CSOC=C1. The summed E-state index contributed by atoms with van der Waals surface area (Å²) in [5.41, 5.74) is 6.58. The molecule has 0 amide bonds. The number of nitrogens with two attached hydrogens (primary N) is 1. The van der Waals surface area contributed by atoms with Crippen LogP contribution in [0.3, 0.4) is 0 Å². The van der Waals surface area contributed by atoms with Gasteiger partial charge in [0.1, 0.15) is 6.26 Å². The van der Waals surface area contributed by atoms with Gasteiger partial charge in [-0.05, 0) is 24.6 Å². The van der Waals surface area contributed by atoms with Gasteiger partial charge in [-0.25, -0.2) is 0 Å². The third kappa shape index (κ3) is 2.11. The maximum absolute atomic E-state index is 5.33. The molecule has 0 fully saturated rings. The van der Waals surface area contributed by atoms with Crippen LogP contribution in [0.15, 0.2) is 23.3 Å². The van der Waals surface area contributed by atoms with E-state index in [4.69, 9.17) is 9.92 Å². The van der Waals surface area contributed by atoms with E-state index in [1.54, 1.807) is 6.26 Å². The summed E-state index contributed by atoms with van der Waals surface area (Å²) in [5.74, 6) is 0. The second kappa shape index (κ2) is 3.58. The second-order valence-electron chi connectivity index (χ2n) is 1.73. The molecule has 50 valence electrons. The van der Waals surface area contributed by atoms with Gasteiger partial charge in [-0.3, -0.25) is 0 Å². The summed E-state index contributed by atoms with van der Waals surface area (Å²) in [6, 6.07) is 0. The largest absolute Gasteiger partial charge is 0.429 e. The summed E-state index contributed by atoms with van der Waals surface area (Å²) in [4.78, 5) is 0. The van der Waals surface area contributed by atoms with Crippen LogP contribution in [-0.4, -0.2) is 6.54 Å². The van der Waals surface area contributed by atoms with Gasteiger partial charge >= 0.3 is 0 Å². The lowest BCUT2D eigenvalue weighted by Crippen LogP contribution is -1.99. The Hall–Kier alpha value is -0.410. The lowest BCUT2D eigenvalue weighted by Gasteiger charge is -2.03. The number of hydrogen-bond donors (Lipinski definition) is 1. The average molecular weight is 143 g/mol. The molecule has 0 radical (unpaired) electrons. The van der Waals surface area contributed by atoms with Crippen molar-refractivity contribution in [3.05, 3.63) is 23.3 Å². The van der Waals surface area contributed by atoms with Crippen LogP contribution in [0.1, 0.15) is 6.42 Å². The highest BCUT2D eigenvalue weighted by Crippen LogP contribution is 2.17. The fourth-order valence-corrected chi connectivity index (χ4v) is 1.08. The molecule has 0 unspecified atom stereocenters. The van der Waals surface area contributed by atoms with Crippen molar-refractivity contribution in [2.75, 3.05) is 6.54 Å². The van der Waals surface area contributed by atoms with E-state index in [0.717, 1.165) is 6.42 Å². The molecule has 0 aromatic heterocycles. The summed E-state index contributed by atoms with van der Waals surface area (Å²) in [6.45, 7) is 0.705. The Morgan fingerprint density at radius 3 is 3.11 bits per heavy atom. The fraction of sp³-hybridized carbons (Fsp3) is 0.333. The highest BCUT2D eigenvalue weighted by molar-refractivity contribution is 7.97. The lowest BCUT2D eigenvalue weighted by molar-refractivity contribution is 0.567. The zero-order chi connectivity index (χ0) is 6.53. The van der Waals surface area contributed by atoms with Gasteiger partial charge in [-0.2, -0.15) is 0 Å². The minimum absolute atomic E-state index is 0.705. The third-order valence-electron chi connectivity index (χ3n) is 1.03. The van der Waals surface area contributed by atoms with Crippen molar-refractivity contribution in [1.82, 2.24) is 0 Å². The lowest BCUT2D eigenvalue weighted by atomic mass is 10.2. The summed E-state index contributed by atoms with van der Waals surface area (Å²) in [7, 11) is 0. The van der Waals surface area contributed by atoms with E-state index in [9.17, 15) is 0 Å². The van der Waals surface area contributed by atoms with Crippen LogP contribution >= 0.6 is 12.0 Å². The molecule has 0 aromatic rings. The summed E-state index contributed by atoms with van der Waals surface area (Å²) in [6.07, 6.45) is 4.55. The van der Waals surface area contributed by atoms with Crippen LogP contribution in [-0.2, 0) is 4.18 Å². The zero-order valence-electron chi connectivity index (χ0n) is 5.04. The first-order chi connectivity index (χ1) is 4.43. The Morgan fingerprint density at radius 2 is 2.56 bits per heavy atom. The number of hydrogen-bond acceptors (Lipinski definition) is 3. The molecule has 0 spiro atoms. The quantitative estimate of drug-likeness (QED) is 0.594. The van der Waals surface area contributed by atoms with E-state index in [1.165, 1.54) is 17.6 Å². The van der Waals surface area contributed by atoms with Crippen LogP contribution in [0, 0.1) is 0 Å². The topological polar surface area (TPSA) is 35.2 Å². The molecular formula is C6H9NOS. The van der Waals surface area contributed by atoms with E-state index >= 15 is 0 Å². The van der Waals surface area contributed by atoms with Gasteiger partial charge in [0.2, 0.25) is 0 Å². The first kappa shape index (κ1) is 6.71. The summed E-state index contributed by atoms with van der Waals surface area (Å²) in [5, 5.41) is 1.97. The van der Waals surface area contributed by atoms with Gasteiger partial charge in [0.05, 0.1) is 12.0 Å². The molecule has 9 heavy (non-hydrogen) atoms. The first-order valence-corrected chi connectivity index (χ1v) is 3.62. The molecule has 1 aliphatic rings. The van der Waals surface area contributed by atoms with Crippen molar-refractivity contribution in [3.8, 4) is 0 Å². The summed E-state index contributed by atoms with van der Waals surface area (Å²) < 4.78 is 4.86. The van der Waals surface area contributed by atoms with Gasteiger partial charge in [0.25, 0.3) is 0 Å². The molecule has 0 aliphatic carbocycles. The van der Waals surface area contributed by atoms with E-state index in [1.807, 2.05) is 11.5 Å². The Labute approximate surface area is 59.0 Å². The zero-order valence-corrected chi connectivity index (χ0v) is 5.86. The van der Waals surface area contributed by atoms with Gasteiger partial charge in [0.15, 0.2) is 0 Å². The molecule has 0 saturated carbocycles. The van der Waals surface area contributed by atoms with Gasteiger partial charge < -0.3 is 9.92 Å². The fourth-order valence-electron chi connectivity index (χ4n) is 0.585. The van der Waals surface area contributed by atoms with Crippen molar-refractivity contribution >= 4 is 12.0 Å². The summed E-state index contributed by atoms with van der Waals surface area (Å²) >= 11 is 1.34. The minimum atomic E-state index is 0.705. The second-order valence-corrected chi connectivity index (χ2v) is 2.35. The predicted molar refractivity (Wildman–Crippen MR) is 39.6 cm³/mol. The minimum Gasteiger partial charge on any atom is -0.429 e. The molecule has 1 rings (SSSR count). The Balaban J connectivity index is 2.38. The maximum atomic E-state index is 5.33. The van der Waals surface area contributed by atoms with Crippen molar-refractivity contribution in [1.29, 1.82) is 0 Å². The molecule has 3 heteroatoms. The highest BCUT2D eigenvalue weighted by Gasteiger charge is 1.95. The van der Waals surface area contributed by atoms with Crippen LogP contribution in [0.2, 0.25) is 0 Å². The Kier molecular flexibility index (Phi) is 2.67. The van der Waals surface area contributed by atoms with Crippen LogP contribution in [0.5, 0.6) is 0 Å². The third-order valence-corrected chi connectivity index (χ3v) is 1.65. The monoisotopic (exact) mass is 143 g/mol. The predicted octanol–water partition coefficient (Wildman–Crippen LogP) is 1.41. The van der Waals surface area contributed by atoms with Crippen molar-refractivity contribution in [3.63, 3.8) is 0 Å². The molecule has 1 aliphatic heterocycles. The molecule has 2 N–H and O–H groups in total. The average Bonchev–Trinajstić information content (AvgIpc) is 1.91. The molecule has 2 nitrogen and oxygen atoms in total. The normalized spacial score (nSPS) is 16.8. The molecule has 0 bridgehead atoms. The van der Waals surface area contributed by atoms with Gasteiger partial charge in [0, 0.05) is 5.41 Å². The number of allylic oxidation sites excluding steroid dienone is 1. The van der Waals surface area contributed by atoms with Crippen molar-refractivity contribution in [2.45, 2.75) is 6.42 Å². The van der Waals surface area contributed by atoms with E-state index in [0.29, 0.717) is 6.54 Å². The van der Waals surface area contributed by atoms with Crippen molar-refractivity contribution in [2.24, 2.45) is 5.73 Å². The van der Waals surface area contributed by atoms with E-state index in [2.05, 4.69) is 0 Å². The van der Waals surface area contributed by atoms with Crippen LogP contribution < -0.4 is 5.73 Å². The van der Waals surface area contributed by atoms with Crippen LogP contribution in [0.25, 0.3) is 0 Å². The number of rotatable bonds is 2. The highest BCUT2D eigenvalue weighted by atomic mass is 32.2. The molecular weight excluding hydrogens is 134 g/mol. The van der Waals surface area contributed by atoms with Crippen LogP contribution in [0.4, 0.5) is 0 Å².